The van der Waals surface area contributed by atoms with Crippen LogP contribution in [0.5, 0.6) is 0 Å². The molecule has 0 N–H and O–H groups in total. The van der Waals surface area contributed by atoms with Crippen molar-refractivity contribution in [3.8, 4) is 0 Å². The van der Waals surface area contributed by atoms with E-state index in [0.717, 1.165) is 5.75 Å². The maximum Gasteiger partial charge on any atom is -0.00979 e. The van der Waals surface area contributed by atoms with Crippen LogP contribution in [0, 0.1) is 6.92 Å². The van der Waals surface area contributed by atoms with E-state index in [0.29, 0.717) is 0 Å². The lowest BCUT2D eigenvalue weighted by molar-refractivity contribution is 0.563. The molecule has 1 aromatic carbocycles. The van der Waals surface area contributed by atoms with Crippen LogP contribution in [0.25, 0.3) is 0 Å². The molecule has 0 spiro atoms. The van der Waals surface area contributed by atoms with E-state index >= 15 is 0 Å². The lowest BCUT2D eigenvalue weighted by Gasteiger charge is -2.00. The standard InChI is InChI=1S/C12H26S.C7H8/c1-2-3-4-5-6-7-8-9-10-11-12-13;1-7-5-3-2-4-6-7/h13H,2-12H2,1H3;2-6H,1H3. The minimum absolute atomic E-state index is 1.07. The molecule has 0 aliphatic carbocycles. The van der Waals surface area contributed by atoms with E-state index in [4.69, 9.17) is 0 Å². The number of benzene rings is 1. The van der Waals surface area contributed by atoms with Gasteiger partial charge in [-0.25, -0.2) is 0 Å². The molecule has 20 heavy (non-hydrogen) atoms. The van der Waals surface area contributed by atoms with E-state index in [2.05, 4.69) is 38.6 Å². The highest BCUT2D eigenvalue weighted by Crippen LogP contribution is 2.10. The van der Waals surface area contributed by atoms with Crippen LogP contribution in [-0.2, 0) is 0 Å². The Morgan fingerprint density at radius 2 is 1.15 bits per heavy atom. The average molecular weight is 295 g/mol. The molecule has 1 rings (SSSR count). The molecular weight excluding hydrogens is 260 g/mol. The summed E-state index contributed by atoms with van der Waals surface area (Å²) in [6, 6.07) is 10.3. The predicted molar refractivity (Wildman–Crippen MR) is 96.9 cm³/mol. The third-order valence-electron chi connectivity index (χ3n) is 3.45. The number of hydrogen-bond acceptors (Lipinski definition) is 1. The van der Waals surface area contributed by atoms with Crippen molar-refractivity contribution in [2.45, 2.75) is 78.1 Å². The Kier molecular flexibility index (Phi) is 16.3. The highest BCUT2D eigenvalue weighted by Gasteiger charge is 1.91. The maximum absolute atomic E-state index is 4.20. The molecule has 0 nitrogen and oxygen atoms in total. The van der Waals surface area contributed by atoms with Crippen molar-refractivity contribution in [1.82, 2.24) is 0 Å². The normalized spacial score (nSPS) is 9.95. The molecule has 0 saturated heterocycles. The van der Waals surface area contributed by atoms with Crippen molar-refractivity contribution in [1.29, 1.82) is 0 Å². The highest BCUT2D eigenvalue weighted by atomic mass is 32.1. The van der Waals surface area contributed by atoms with Gasteiger partial charge in [0.15, 0.2) is 0 Å². The molecule has 0 fully saturated rings. The first-order valence-electron chi connectivity index (χ1n) is 8.43. The van der Waals surface area contributed by atoms with Crippen LogP contribution in [0.4, 0.5) is 0 Å². The van der Waals surface area contributed by atoms with Crippen molar-refractivity contribution in [2.75, 3.05) is 5.75 Å². The van der Waals surface area contributed by atoms with Crippen molar-refractivity contribution < 1.29 is 0 Å². The van der Waals surface area contributed by atoms with Gasteiger partial charge in [0, 0.05) is 0 Å². The Bertz CT molecular complexity index is 258. The molecular formula is C19H34S. The van der Waals surface area contributed by atoms with Crippen molar-refractivity contribution in [3.63, 3.8) is 0 Å². The van der Waals surface area contributed by atoms with Crippen LogP contribution in [-0.4, -0.2) is 5.75 Å². The van der Waals surface area contributed by atoms with E-state index in [1.807, 2.05) is 18.2 Å². The van der Waals surface area contributed by atoms with Crippen LogP contribution in [0.1, 0.15) is 76.7 Å². The van der Waals surface area contributed by atoms with Gasteiger partial charge in [0.2, 0.25) is 0 Å². The second-order valence-corrected chi connectivity index (χ2v) is 6.01. The first kappa shape index (κ1) is 19.6. The lowest BCUT2D eigenvalue weighted by atomic mass is 10.1. The molecule has 0 heterocycles. The summed E-state index contributed by atoms with van der Waals surface area (Å²) in [5, 5.41) is 0. The molecule has 0 atom stereocenters. The number of unbranched alkanes of at least 4 members (excludes halogenated alkanes) is 9. The Labute approximate surface area is 132 Å². The molecule has 0 amide bonds. The predicted octanol–water partition coefficient (Wildman–Crippen LogP) is 6.83. The summed E-state index contributed by atoms with van der Waals surface area (Å²) in [7, 11) is 0. The topological polar surface area (TPSA) is 0 Å². The number of hydrogen-bond donors (Lipinski definition) is 1. The molecule has 0 aromatic heterocycles. The van der Waals surface area contributed by atoms with Gasteiger partial charge in [0.05, 0.1) is 0 Å². The Balaban J connectivity index is 0.000000428. The van der Waals surface area contributed by atoms with Gasteiger partial charge >= 0.3 is 0 Å². The molecule has 0 saturated carbocycles. The van der Waals surface area contributed by atoms with E-state index in [9.17, 15) is 0 Å². The van der Waals surface area contributed by atoms with Crippen molar-refractivity contribution in [2.24, 2.45) is 0 Å². The van der Waals surface area contributed by atoms with E-state index in [1.54, 1.807) is 0 Å². The van der Waals surface area contributed by atoms with Crippen LogP contribution in [0.3, 0.4) is 0 Å². The fourth-order valence-corrected chi connectivity index (χ4v) is 2.36. The quantitative estimate of drug-likeness (QED) is 0.355. The number of thiol groups is 1. The zero-order valence-electron chi connectivity index (χ0n) is 13.6. The highest BCUT2D eigenvalue weighted by molar-refractivity contribution is 7.80. The number of rotatable bonds is 10. The average Bonchev–Trinajstić information content (AvgIpc) is 2.47. The molecule has 116 valence electrons. The van der Waals surface area contributed by atoms with Gasteiger partial charge in [0.1, 0.15) is 0 Å². The third kappa shape index (κ3) is 15.6. The lowest BCUT2D eigenvalue weighted by Crippen LogP contribution is -1.81. The Morgan fingerprint density at radius 1 is 0.700 bits per heavy atom. The van der Waals surface area contributed by atoms with Gasteiger partial charge in [-0.15, -0.1) is 0 Å². The van der Waals surface area contributed by atoms with Crippen molar-refractivity contribution in [3.05, 3.63) is 35.9 Å². The fourth-order valence-electron chi connectivity index (χ4n) is 2.13. The molecule has 1 aromatic rings. The third-order valence-corrected chi connectivity index (χ3v) is 3.77. The minimum Gasteiger partial charge on any atom is -0.179 e. The van der Waals surface area contributed by atoms with Crippen molar-refractivity contribution >= 4 is 12.6 Å². The van der Waals surface area contributed by atoms with E-state index in [-0.39, 0.29) is 0 Å². The second-order valence-electron chi connectivity index (χ2n) is 5.56. The van der Waals surface area contributed by atoms with Gasteiger partial charge in [0.25, 0.3) is 0 Å². The van der Waals surface area contributed by atoms with E-state index in [1.165, 1.54) is 69.8 Å². The molecule has 0 bridgehead atoms. The SMILES string of the molecule is CCCCCCCCCCCCS.Cc1ccccc1. The van der Waals surface area contributed by atoms with Crippen LogP contribution in [0.2, 0.25) is 0 Å². The molecule has 1 heteroatoms. The van der Waals surface area contributed by atoms with Gasteiger partial charge < -0.3 is 0 Å². The van der Waals surface area contributed by atoms with Gasteiger partial charge in [-0.3, -0.25) is 0 Å². The molecule has 0 aliphatic rings. The maximum atomic E-state index is 4.20. The summed E-state index contributed by atoms with van der Waals surface area (Å²) in [6.45, 7) is 4.36. The zero-order chi connectivity index (χ0) is 14.9. The summed E-state index contributed by atoms with van der Waals surface area (Å²) >= 11 is 4.20. The van der Waals surface area contributed by atoms with Gasteiger partial charge in [-0.05, 0) is 19.1 Å². The minimum atomic E-state index is 1.07. The van der Waals surface area contributed by atoms with Crippen LogP contribution < -0.4 is 0 Å². The summed E-state index contributed by atoms with van der Waals surface area (Å²) < 4.78 is 0. The number of aryl methyl sites for hydroxylation is 1. The smallest absolute Gasteiger partial charge is 0.00979 e. The first-order valence-corrected chi connectivity index (χ1v) is 9.07. The Hall–Kier alpha value is -0.430. The molecule has 0 radical (unpaired) electrons. The molecule has 0 unspecified atom stereocenters. The zero-order valence-corrected chi connectivity index (χ0v) is 14.5. The molecule has 0 aliphatic heterocycles. The first-order chi connectivity index (χ1) is 9.81. The second kappa shape index (κ2) is 16.6. The summed E-state index contributed by atoms with van der Waals surface area (Å²) in [5.41, 5.74) is 1.32. The van der Waals surface area contributed by atoms with E-state index < -0.39 is 0 Å². The van der Waals surface area contributed by atoms with Gasteiger partial charge in [-0.2, -0.15) is 12.6 Å². The summed E-state index contributed by atoms with van der Waals surface area (Å²) in [6.07, 6.45) is 14.2. The van der Waals surface area contributed by atoms with Crippen LogP contribution in [0.15, 0.2) is 30.3 Å². The summed E-state index contributed by atoms with van der Waals surface area (Å²) in [5.74, 6) is 1.07. The monoisotopic (exact) mass is 294 g/mol. The Morgan fingerprint density at radius 3 is 1.50 bits per heavy atom. The fraction of sp³-hybridized carbons (Fsp3) is 0.684. The van der Waals surface area contributed by atoms with Crippen LogP contribution >= 0.6 is 12.6 Å². The summed E-state index contributed by atoms with van der Waals surface area (Å²) in [4.78, 5) is 0. The van der Waals surface area contributed by atoms with Gasteiger partial charge in [-0.1, -0.05) is 101 Å². The largest absolute Gasteiger partial charge is 0.179 e.